The van der Waals surface area contributed by atoms with Gasteiger partial charge in [0.25, 0.3) is 0 Å². The molecule has 2 heterocycles. The van der Waals surface area contributed by atoms with E-state index in [-0.39, 0.29) is 11.9 Å². The zero-order chi connectivity index (χ0) is 16.7. The second-order valence-electron chi connectivity index (χ2n) is 6.48. The summed E-state index contributed by atoms with van der Waals surface area (Å²) in [6.45, 7) is 2.39. The Morgan fingerprint density at radius 1 is 0.958 bits per heavy atom. The number of halogens is 1. The normalized spacial score (nSPS) is 24.5. The molecule has 0 spiro atoms. The summed E-state index contributed by atoms with van der Waals surface area (Å²) in [4.78, 5) is 2.51. The van der Waals surface area contributed by atoms with Gasteiger partial charge in [-0.05, 0) is 18.2 Å². The van der Waals surface area contributed by atoms with Crippen LogP contribution in [-0.4, -0.2) is 43.3 Å². The molecule has 0 N–H and O–H groups in total. The van der Waals surface area contributed by atoms with Gasteiger partial charge in [0.05, 0.1) is 4.90 Å². The number of fused-ring (bicyclic) bond motifs is 1. The average Bonchev–Trinajstić information content (AvgIpc) is 2.93. The van der Waals surface area contributed by atoms with E-state index in [1.807, 2.05) is 12.1 Å². The first-order valence-corrected chi connectivity index (χ1v) is 9.52. The van der Waals surface area contributed by atoms with Gasteiger partial charge in [-0.2, -0.15) is 4.31 Å². The molecule has 2 saturated heterocycles. The molecule has 2 aliphatic rings. The molecule has 2 unspecified atom stereocenters. The van der Waals surface area contributed by atoms with Gasteiger partial charge in [0.15, 0.2) is 0 Å². The molecule has 2 atom stereocenters. The van der Waals surface area contributed by atoms with E-state index >= 15 is 0 Å². The van der Waals surface area contributed by atoms with Crippen LogP contribution in [-0.2, 0) is 16.6 Å². The number of sulfonamides is 1. The van der Waals surface area contributed by atoms with Crippen molar-refractivity contribution in [3.05, 3.63) is 66.0 Å². The van der Waals surface area contributed by atoms with Crippen LogP contribution in [0.15, 0.2) is 59.5 Å². The monoisotopic (exact) mass is 346 g/mol. The van der Waals surface area contributed by atoms with Crippen LogP contribution in [0.1, 0.15) is 5.56 Å². The number of likely N-dealkylation sites (tertiary alicyclic amines) is 1. The minimum atomic E-state index is -3.44. The SMILES string of the molecule is O=S(=O)(c1ccccc1)N1CC2CN(Cc3ccccc3F)C2C1. The number of benzene rings is 2. The fourth-order valence-corrected chi connectivity index (χ4v) is 5.21. The standard InChI is InChI=1S/C18H19FN2O2S/c19-17-9-5-4-6-14(17)10-20-11-15-12-21(13-18(15)20)24(22,23)16-7-2-1-3-8-16/h1-9,15,18H,10-13H2. The Morgan fingerprint density at radius 2 is 1.67 bits per heavy atom. The number of rotatable bonds is 4. The first kappa shape index (κ1) is 15.7. The Hall–Kier alpha value is -1.76. The highest BCUT2D eigenvalue weighted by molar-refractivity contribution is 7.89. The molecular formula is C18H19FN2O2S. The number of nitrogens with zero attached hydrogens (tertiary/aromatic N) is 2. The van der Waals surface area contributed by atoms with Crippen LogP contribution < -0.4 is 0 Å². The van der Waals surface area contributed by atoms with Crippen molar-refractivity contribution in [1.82, 2.24) is 9.21 Å². The molecule has 126 valence electrons. The van der Waals surface area contributed by atoms with Crippen molar-refractivity contribution in [1.29, 1.82) is 0 Å². The molecule has 2 aliphatic heterocycles. The van der Waals surface area contributed by atoms with Crippen LogP contribution in [0.4, 0.5) is 4.39 Å². The average molecular weight is 346 g/mol. The van der Waals surface area contributed by atoms with Crippen LogP contribution in [0.25, 0.3) is 0 Å². The number of hydrogen-bond donors (Lipinski definition) is 0. The van der Waals surface area contributed by atoms with Gasteiger partial charge in [-0.25, -0.2) is 12.8 Å². The van der Waals surface area contributed by atoms with Gasteiger partial charge < -0.3 is 0 Å². The molecule has 0 amide bonds. The molecule has 2 fully saturated rings. The van der Waals surface area contributed by atoms with Crippen LogP contribution in [0.5, 0.6) is 0 Å². The first-order valence-electron chi connectivity index (χ1n) is 8.08. The molecule has 0 bridgehead atoms. The maximum atomic E-state index is 13.8. The highest BCUT2D eigenvalue weighted by Crippen LogP contribution is 2.36. The zero-order valence-corrected chi connectivity index (χ0v) is 14.0. The van der Waals surface area contributed by atoms with E-state index in [0.29, 0.717) is 36.0 Å². The quantitative estimate of drug-likeness (QED) is 0.853. The summed E-state index contributed by atoms with van der Waals surface area (Å²) in [6.07, 6.45) is 0. The van der Waals surface area contributed by atoms with Gasteiger partial charge in [0.2, 0.25) is 10.0 Å². The highest BCUT2D eigenvalue weighted by Gasteiger charge is 2.48. The molecular weight excluding hydrogens is 327 g/mol. The van der Waals surface area contributed by atoms with E-state index in [4.69, 9.17) is 0 Å². The van der Waals surface area contributed by atoms with Crippen molar-refractivity contribution >= 4 is 10.0 Å². The number of hydrogen-bond acceptors (Lipinski definition) is 3. The molecule has 2 aromatic carbocycles. The molecule has 0 saturated carbocycles. The van der Waals surface area contributed by atoms with Gasteiger partial charge in [-0.15, -0.1) is 0 Å². The molecule has 0 aliphatic carbocycles. The lowest BCUT2D eigenvalue weighted by Gasteiger charge is -2.43. The largest absolute Gasteiger partial charge is 0.294 e. The van der Waals surface area contributed by atoms with Crippen LogP contribution in [0.3, 0.4) is 0 Å². The molecule has 6 heteroatoms. The first-order chi connectivity index (χ1) is 11.6. The third-order valence-electron chi connectivity index (χ3n) is 5.02. The van der Waals surface area contributed by atoms with Crippen molar-refractivity contribution in [3.8, 4) is 0 Å². The fourth-order valence-electron chi connectivity index (χ4n) is 3.67. The molecule has 2 aromatic rings. The second-order valence-corrected chi connectivity index (χ2v) is 8.42. The molecule has 4 rings (SSSR count). The summed E-state index contributed by atoms with van der Waals surface area (Å²) in [6, 6.07) is 15.5. The van der Waals surface area contributed by atoms with Crippen LogP contribution in [0, 0.1) is 11.7 Å². The van der Waals surface area contributed by atoms with Crippen LogP contribution in [0.2, 0.25) is 0 Å². The lowest BCUT2D eigenvalue weighted by atomic mass is 9.91. The Kier molecular flexibility index (Phi) is 3.90. The summed E-state index contributed by atoms with van der Waals surface area (Å²) in [5.41, 5.74) is 0.667. The summed E-state index contributed by atoms with van der Waals surface area (Å²) in [5, 5.41) is 0. The topological polar surface area (TPSA) is 40.6 Å². The van der Waals surface area contributed by atoms with E-state index in [1.165, 1.54) is 6.07 Å². The van der Waals surface area contributed by atoms with Gasteiger partial charge >= 0.3 is 0 Å². The lowest BCUT2D eigenvalue weighted by Crippen LogP contribution is -2.54. The Labute approximate surface area is 141 Å². The maximum Gasteiger partial charge on any atom is 0.243 e. The van der Waals surface area contributed by atoms with Gasteiger partial charge in [0.1, 0.15) is 5.82 Å². The predicted molar refractivity (Wildman–Crippen MR) is 89.3 cm³/mol. The summed E-state index contributed by atoms with van der Waals surface area (Å²) in [5.74, 6) is 0.142. The second kappa shape index (κ2) is 5.95. The van der Waals surface area contributed by atoms with Crippen molar-refractivity contribution < 1.29 is 12.8 Å². The minimum Gasteiger partial charge on any atom is -0.294 e. The molecule has 4 nitrogen and oxygen atoms in total. The van der Waals surface area contributed by atoms with Crippen molar-refractivity contribution in [2.24, 2.45) is 5.92 Å². The maximum absolute atomic E-state index is 13.8. The Balaban J connectivity index is 1.47. The van der Waals surface area contributed by atoms with E-state index < -0.39 is 10.0 Å². The third kappa shape index (κ3) is 2.64. The fraction of sp³-hybridized carbons (Fsp3) is 0.333. The van der Waals surface area contributed by atoms with E-state index in [0.717, 1.165) is 6.54 Å². The van der Waals surface area contributed by atoms with Crippen molar-refractivity contribution in [2.45, 2.75) is 17.5 Å². The van der Waals surface area contributed by atoms with Crippen molar-refractivity contribution in [3.63, 3.8) is 0 Å². The highest BCUT2D eigenvalue weighted by atomic mass is 32.2. The summed E-state index contributed by atoms with van der Waals surface area (Å²) >= 11 is 0. The van der Waals surface area contributed by atoms with E-state index in [9.17, 15) is 12.8 Å². The third-order valence-corrected chi connectivity index (χ3v) is 6.87. The summed E-state index contributed by atoms with van der Waals surface area (Å²) in [7, 11) is -3.44. The lowest BCUT2D eigenvalue weighted by molar-refractivity contribution is 0.0425. The smallest absolute Gasteiger partial charge is 0.243 e. The Bertz CT molecular complexity index is 841. The molecule has 0 radical (unpaired) electrons. The zero-order valence-electron chi connectivity index (χ0n) is 13.2. The van der Waals surface area contributed by atoms with E-state index in [1.54, 1.807) is 40.7 Å². The van der Waals surface area contributed by atoms with Gasteiger partial charge in [0, 0.05) is 43.7 Å². The predicted octanol–water partition coefficient (Wildman–Crippen LogP) is 2.33. The summed E-state index contributed by atoms with van der Waals surface area (Å²) < 4.78 is 40.8. The molecule has 24 heavy (non-hydrogen) atoms. The van der Waals surface area contributed by atoms with Gasteiger partial charge in [-0.3, -0.25) is 4.90 Å². The Morgan fingerprint density at radius 3 is 2.42 bits per heavy atom. The molecule has 0 aromatic heterocycles. The van der Waals surface area contributed by atoms with Crippen LogP contribution >= 0.6 is 0 Å². The van der Waals surface area contributed by atoms with E-state index in [2.05, 4.69) is 4.90 Å². The van der Waals surface area contributed by atoms with Crippen molar-refractivity contribution in [2.75, 3.05) is 19.6 Å². The van der Waals surface area contributed by atoms with Gasteiger partial charge in [-0.1, -0.05) is 36.4 Å². The minimum absolute atomic E-state index is 0.183.